The summed E-state index contributed by atoms with van der Waals surface area (Å²) < 4.78 is 13.5. The Labute approximate surface area is 133 Å². The van der Waals surface area contributed by atoms with Crippen LogP contribution in [-0.2, 0) is 11.8 Å². The molecule has 2 rings (SSSR count). The van der Waals surface area contributed by atoms with Gasteiger partial charge < -0.3 is 0 Å². The number of rotatable bonds is 3. The Morgan fingerprint density at radius 1 is 1.10 bits per heavy atom. The number of carbonyl (C=O) groups is 1. The van der Waals surface area contributed by atoms with E-state index in [0.29, 0.717) is 16.5 Å². The fourth-order valence-corrected chi connectivity index (χ4v) is 2.46. The van der Waals surface area contributed by atoms with Gasteiger partial charge in [-0.25, -0.2) is 4.39 Å². The van der Waals surface area contributed by atoms with Crippen molar-refractivity contribution in [1.82, 2.24) is 0 Å². The van der Waals surface area contributed by atoms with Crippen LogP contribution in [0.5, 0.6) is 0 Å². The third kappa shape index (κ3) is 4.01. The molecule has 0 aliphatic heterocycles. The van der Waals surface area contributed by atoms with Crippen LogP contribution >= 0.6 is 15.9 Å². The average Bonchev–Trinajstić information content (AvgIpc) is 2.41. The highest BCUT2D eigenvalue weighted by atomic mass is 79.9. The van der Waals surface area contributed by atoms with Gasteiger partial charge in [0.2, 0.25) is 0 Å². The fourth-order valence-electron chi connectivity index (χ4n) is 2.08. The number of ketones is 1. The first-order valence-electron chi connectivity index (χ1n) is 6.85. The van der Waals surface area contributed by atoms with Crippen molar-refractivity contribution in [2.75, 3.05) is 0 Å². The smallest absolute Gasteiger partial charge is 0.167 e. The molecule has 1 nitrogen and oxygen atoms in total. The van der Waals surface area contributed by atoms with Crippen LogP contribution in [0.2, 0.25) is 0 Å². The minimum absolute atomic E-state index is 0.0146. The van der Waals surface area contributed by atoms with E-state index in [4.69, 9.17) is 0 Å². The summed E-state index contributed by atoms with van der Waals surface area (Å²) in [5, 5.41) is 0. The van der Waals surface area contributed by atoms with E-state index in [9.17, 15) is 9.18 Å². The standard InChI is InChI=1S/C18H18BrFO/c1-18(2,3)14-7-4-12(5-8-14)10-17(21)13-6-9-16(20)15(19)11-13/h4-9,11H,10H2,1-3H3. The highest BCUT2D eigenvalue weighted by molar-refractivity contribution is 9.10. The van der Waals surface area contributed by atoms with Gasteiger partial charge in [-0.15, -0.1) is 0 Å². The largest absolute Gasteiger partial charge is 0.294 e. The summed E-state index contributed by atoms with van der Waals surface area (Å²) in [5.41, 5.74) is 2.82. The molecule has 0 unspecified atom stereocenters. The van der Waals surface area contributed by atoms with Gasteiger partial charge in [0.1, 0.15) is 5.82 Å². The molecule has 0 aliphatic carbocycles. The topological polar surface area (TPSA) is 17.1 Å². The molecule has 2 aromatic carbocycles. The molecule has 0 fully saturated rings. The second kappa shape index (κ2) is 6.10. The van der Waals surface area contributed by atoms with Crippen LogP contribution < -0.4 is 0 Å². The molecule has 0 bridgehead atoms. The monoisotopic (exact) mass is 348 g/mol. The zero-order valence-corrected chi connectivity index (χ0v) is 14.0. The van der Waals surface area contributed by atoms with Gasteiger partial charge in [-0.05, 0) is 50.7 Å². The van der Waals surface area contributed by atoms with E-state index in [1.807, 2.05) is 12.1 Å². The van der Waals surface area contributed by atoms with Crippen LogP contribution in [0.4, 0.5) is 4.39 Å². The van der Waals surface area contributed by atoms with Gasteiger partial charge in [0, 0.05) is 12.0 Å². The third-order valence-corrected chi connectivity index (χ3v) is 4.03. The van der Waals surface area contributed by atoms with Crippen LogP contribution in [-0.4, -0.2) is 5.78 Å². The SMILES string of the molecule is CC(C)(C)c1ccc(CC(=O)c2ccc(F)c(Br)c2)cc1. The van der Waals surface area contributed by atoms with Crippen molar-refractivity contribution in [2.24, 2.45) is 0 Å². The van der Waals surface area contributed by atoms with E-state index in [-0.39, 0.29) is 17.0 Å². The maximum absolute atomic E-state index is 13.2. The zero-order chi connectivity index (χ0) is 15.6. The summed E-state index contributed by atoms with van der Waals surface area (Å²) in [6.07, 6.45) is 0.322. The molecule has 0 spiro atoms. The lowest BCUT2D eigenvalue weighted by Gasteiger charge is -2.19. The number of hydrogen-bond donors (Lipinski definition) is 0. The molecule has 0 aromatic heterocycles. The Morgan fingerprint density at radius 2 is 1.71 bits per heavy atom. The molecular weight excluding hydrogens is 331 g/mol. The van der Waals surface area contributed by atoms with Crippen molar-refractivity contribution in [3.05, 3.63) is 69.4 Å². The normalized spacial score (nSPS) is 11.5. The van der Waals surface area contributed by atoms with E-state index in [0.717, 1.165) is 5.56 Å². The molecule has 0 N–H and O–H groups in total. The number of carbonyl (C=O) groups excluding carboxylic acids is 1. The van der Waals surface area contributed by atoms with Gasteiger partial charge in [-0.3, -0.25) is 4.79 Å². The Bertz CT molecular complexity index is 654. The molecule has 0 amide bonds. The van der Waals surface area contributed by atoms with Gasteiger partial charge >= 0.3 is 0 Å². The minimum Gasteiger partial charge on any atom is -0.294 e. The first kappa shape index (κ1) is 15.9. The Balaban J connectivity index is 2.14. The van der Waals surface area contributed by atoms with Gasteiger partial charge in [0.25, 0.3) is 0 Å². The molecule has 0 saturated carbocycles. The first-order valence-corrected chi connectivity index (χ1v) is 7.64. The summed E-state index contributed by atoms with van der Waals surface area (Å²) in [7, 11) is 0. The molecule has 2 aromatic rings. The maximum Gasteiger partial charge on any atom is 0.167 e. The van der Waals surface area contributed by atoms with Crippen LogP contribution in [0.15, 0.2) is 46.9 Å². The van der Waals surface area contributed by atoms with Crippen molar-refractivity contribution >= 4 is 21.7 Å². The predicted molar refractivity (Wildman–Crippen MR) is 87.3 cm³/mol. The van der Waals surface area contributed by atoms with E-state index in [2.05, 4.69) is 48.8 Å². The quantitative estimate of drug-likeness (QED) is 0.686. The molecule has 110 valence electrons. The molecule has 0 saturated heterocycles. The number of benzene rings is 2. The van der Waals surface area contributed by atoms with Crippen LogP contribution in [0.1, 0.15) is 42.3 Å². The molecule has 0 heterocycles. The summed E-state index contributed by atoms with van der Waals surface area (Å²) in [6, 6.07) is 12.4. The van der Waals surface area contributed by atoms with Crippen molar-refractivity contribution in [1.29, 1.82) is 0 Å². The van der Waals surface area contributed by atoms with E-state index >= 15 is 0 Å². The van der Waals surface area contributed by atoms with E-state index in [1.54, 1.807) is 0 Å². The van der Waals surface area contributed by atoms with Crippen molar-refractivity contribution in [2.45, 2.75) is 32.6 Å². The third-order valence-electron chi connectivity index (χ3n) is 3.43. The summed E-state index contributed by atoms with van der Waals surface area (Å²) >= 11 is 3.10. The Morgan fingerprint density at radius 3 is 2.24 bits per heavy atom. The fraction of sp³-hybridized carbons (Fsp3) is 0.278. The molecule has 0 radical (unpaired) electrons. The van der Waals surface area contributed by atoms with Crippen LogP contribution in [0.25, 0.3) is 0 Å². The maximum atomic E-state index is 13.2. The minimum atomic E-state index is -0.360. The van der Waals surface area contributed by atoms with Gasteiger partial charge in [-0.2, -0.15) is 0 Å². The highest BCUT2D eigenvalue weighted by Crippen LogP contribution is 2.23. The van der Waals surface area contributed by atoms with Crippen molar-refractivity contribution in [3.8, 4) is 0 Å². The number of hydrogen-bond acceptors (Lipinski definition) is 1. The molecule has 0 aliphatic rings. The Hall–Kier alpha value is -1.48. The lowest BCUT2D eigenvalue weighted by Crippen LogP contribution is -2.11. The van der Waals surface area contributed by atoms with Crippen molar-refractivity contribution < 1.29 is 9.18 Å². The molecule has 21 heavy (non-hydrogen) atoms. The average molecular weight is 349 g/mol. The van der Waals surface area contributed by atoms with Crippen molar-refractivity contribution in [3.63, 3.8) is 0 Å². The highest BCUT2D eigenvalue weighted by Gasteiger charge is 2.14. The zero-order valence-electron chi connectivity index (χ0n) is 12.4. The van der Waals surface area contributed by atoms with Gasteiger partial charge in [0.15, 0.2) is 5.78 Å². The second-order valence-electron chi connectivity index (χ2n) is 6.18. The summed E-state index contributed by atoms with van der Waals surface area (Å²) in [6.45, 7) is 6.47. The summed E-state index contributed by atoms with van der Waals surface area (Å²) in [4.78, 5) is 12.2. The molecular formula is C18H18BrFO. The first-order chi connectivity index (χ1) is 9.77. The van der Waals surface area contributed by atoms with E-state index in [1.165, 1.54) is 23.8 Å². The Kier molecular flexibility index (Phi) is 4.62. The number of halogens is 2. The lowest BCUT2D eigenvalue weighted by molar-refractivity contribution is 0.0993. The second-order valence-corrected chi connectivity index (χ2v) is 7.03. The van der Waals surface area contributed by atoms with Crippen LogP contribution in [0, 0.1) is 5.82 Å². The number of Topliss-reactive ketones (excluding diaryl/α,β-unsaturated/α-hetero) is 1. The molecule has 0 atom stereocenters. The summed E-state index contributed by atoms with van der Waals surface area (Å²) in [5.74, 6) is -0.375. The lowest BCUT2D eigenvalue weighted by atomic mass is 9.86. The van der Waals surface area contributed by atoms with E-state index < -0.39 is 0 Å². The van der Waals surface area contributed by atoms with Gasteiger partial charge in [0.05, 0.1) is 4.47 Å². The molecule has 3 heteroatoms. The predicted octanol–water partition coefficient (Wildman–Crippen LogP) is 5.31. The van der Waals surface area contributed by atoms with Crippen LogP contribution in [0.3, 0.4) is 0 Å². The van der Waals surface area contributed by atoms with Gasteiger partial charge in [-0.1, -0.05) is 45.0 Å².